The van der Waals surface area contributed by atoms with E-state index in [-0.39, 0.29) is 5.91 Å². The standard InChI is InChI=1S/C20H28N4O/c1-5-24(6-2)19-9-7-17(8-10-19)23-18-11-16(13-21-14-18)20(25)22-12-15(3)4/h7-11,13-15,23H,5-6,12H2,1-4H3,(H,22,25). The van der Waals surface area contributed by atoms with Crippen molar-refractivity contribution >= 4 is 23.0 Å². The lowest BCUT2D eigenvalue weighted by Gasteiger charge is -2.21. The number of aromatic nitrogens is 1. The lowest BCUT2D eigenvalue weighted by atomic mass is 10.2. The number of amides is 1. The first kappa shape index (κ1) is 18.8. The van der Waals surface area contributed by atoms with Crippen LogP contribution in [-0.2, 0) is 0 Å². The molecule has 2 rings (SSSR count). The van der Waals surface area contributed by atoms with Crippen LogP contribution in [0.3, 0.4) is 0 Å². The monoisotopic (exact) mass is 340 g/mol. The SMILES string of the molecule is CCN(CC)c1ccc(Nc2cncc(C(=O)NCC(C)C)c2)cc1. The Kier molecular flexibility index (Phi) is 6.81. The van der Waals surface area contributed by atoms with E-state index in [4.69, 9.17) is 0 Å². The number of hydrogen-bond acceptors (Lipinski definition) is 4. The molecule has 0 radical (unpaired) electrons. The van der Waals surface area contributed by atoms with Gasteiger partial charge in [0.2, 0.25) is 0 Å². The number of nitrogens with one attached hydrogen (secondary N) is 2. The third-order valence-corrected chi connectivity index (χ3v) is 3.96. The van der Waals surface area contributed by atoms with E-state index < -0.39 is 0 Å². The highest BCUT2D eigenvalue weighted by molar-refractivity contribution is 5.94. The molecule has 5 heteroatoms. The maximum Gasteiger partial charge on any atom is 0.252 e. The van der Waals surface area contributed by atoms with Gasteiger partial charge in [0.25, 0.3) is 5.91 Å². The van der Waals surface area contributed by atoms with Crippen LogP contribution in [-0.4, -0.2) is 30.5 Å². The van der Waals surface area contributed by atoms with Crippen LogP contribution in [0.2, 0.25) is 0 Å². The molecule has 1 heterocycles. The second-order valence-corrected chi connectivity index (χ2v) is 6.41. The maximum atomic E-state index is 12.2. The number of anilines is 3. The molecule has 0 aliphatic rings. The van der Waals surface area contributed by atoms with E-state index in [1.807, 2.05) is 18.2 Å². The largest absolute Gasteiger partial charge is 0.372 e. The highest BCUT2D eigenvalue weighted by Gasteiger charge is 2.08. The average Bonchev–Trinajstić information content (AvgIpc) is 2.62. The van der Waals surface area contributed by atoms with Gasteiger partial charge in [-0.3, -0.25) is 9.78 Å². The minimum Gasteiger partial charge on any atom is -0.372 e. The van der Waals surface area contributed by atoms with E-state index in [1.54, 1.807) is 12.4 Å². The summed E-state index contributed by atoms with van der Waals surface area (Å²) in [6.45, 7) is 11.1. The number of hydrogen-bond donors (Lipinski definition) is 2. The van der Waals surface area contributed by atoms with Crippen molar-refractivity contribution in [1.82, 2.24) is 10.3 Å². The zero-order chi connectivity index (χ0) is 18.2. The van der Waals surface area contributed by atoms with Crippen molar-refractivity contribution in [2.75, 3.05) is 29.9 Å². The van der Waals surface area contributed by atoms with Crippen molar-refractivity contribution in [2.24, 2.45) is 5.92 Å². The predicted molar refractivity (Wildman–Crippen MR) is 105 cm³/mol. The summed E-state index contributed by atoms with van der Waals surface area (Å²) in [5.74, 6) is 0.323. The van der Waals surface area contributed by atoms with Gasteiger partial charge in [0.1, 0.15) is 0 Å². The van der Waals surface area contributed by atoms with E-state index in [0.717, 1.165) is 24.5 Å². The molecule has 0 saturated carbocycles. The molecular formula is C20H28N4O. The van der Waals surface area contributed by atoms with Crippen LogP contribution in [0, 0.1) is 5.92 Å². The molecule has 134 valence electrons. The van der Waals surface area contributed by atoms with Crippen LogP contribution in [0.25, 0.3) is 0 Å². The summed E-state index contributed by atoms with van der Waals surface area (Å²) in [5, 5.41) is 6.22. The van der Waals surface area contributed by atoms with Gasteiger partial charge in [-0.25, -0.2) is 0 Å². The summed E-state index contributed by atoms with van der Waals surface area (Å²) in [6, 6.07) is 10.1. The Morgan fingerprint density at radius 1 is 1.08 bits per heavy atom. The van der Waals surface area contributed by atoms with Crippen molar-refractivity contribution in [3.8, 4) is 0 Å². The average molecular weight is 340 g/mol. The van der Waals surface area contributed by atoms with E-state index in [1.165, 1.54) is 5.69 Å². The fourth-order valence-corrected chi connectivity index (χ4v) is 2.54. The van der Waals surface area contributed by atoms with Crippen molar-refractivity contribution in [3.05, 3.63) is 48.3 Å². The van der Waals surface area contributed by atoms with Gasteiger partial charge in [-0.15, -0.1) is 0 Å². The predicted octanol–water partition coefficient (Wildman–Crippen LogP) is 4.06. The van der Waals surface area contributed by atoms with Crippen LogP contribution in [0.1, 0.15) is 38.1 Å². The minimum absolute atomic E-state index is 0.0956. The van der Waals surface area contributed by atoms with E-state index in [2.05, 4.69) is 60.3 Å². The highest BCUT2D eigenvalue weighted by Crippen LogP contribution is 2.21. The van der Waals surface area contributed by atoms with Gasteiger partial charge in [0, 0.05) is 37.2 Å². The zero-order valence-corrected chi connectivity index (χ0v) is 15.5. The Morgan fingerprint density at radius 2 is 1.76 bits per heavy atom. The van der Waals surface area contributed by atoms with Gasteiger partial charge < -0.3 is 15.5 Å². The molecule has 0 atom stereocenters. The molecule has 1 aromatic heterocycles. The molecule has 2 aromatic rings. The molecule has 0 unspecified atom stereocenters. The molecule has 0 aliphatic carbocycles. The van der Waals surface area contributed by atoms with Crippen LogP contribution in [0.5, 0.6) is 0 Å². The van der Waals surface area contributed by atoms with Crippen molar-refractivity contribution in [1.29, 1.82) is 0 Å². The van der Waals surface area contributed by atoms with Crippen molar-refractivity contribution in [2.45, 2.75) is 27.7 Å². The first-order chi connectivity index (χ1) is 12.0. The smallest absolute Gasteiger partial charge is 0.252 e. The van der Waals surface area contributed by atoms with Crippen LogP contribution in [0.15, 0.2) is 42.7 Å². The van der Waals surface area contributed by atoms with Gasteiger partial charge in [-0.2, -0.15) is 0 Å². The second kappa shape index (κ2) is 9.06. The number of carbonyl (C=O) groups excluding carboxylic acids is 1. The van der Waals surface area contributed by atoms with Crippen LogP contribution >= 0.6 is 0 Å². The maximum absolute atomic E-state index is 12.2. The molecule has 0 aliphatic heterocycles. The molecule has 2 N–H and O–H groups in total. The highest BCUT2D eigenvalue weighted by atomic mass is 16.1. The number of benzene rings is 1. The Bertz CT molecular complexity index is 678. The van der Waals surface area contributed by atoms with Crippen molar-refractivity contribution < 1.29 is 4.79 Å². The van der Waals surface area contributed by atoms with E-state index in [0.29, 0.717) is 18.0 Å². The topological polar surface area (TPSA) is 57.3 Å². The molecule has 0 spiro atoms. The Labute approximate surface area is 150 Å². The molecule has 0 fully saturated rings. The van der Waals surface area contributed by atoms with E-state index >= 15 is 0 Å². The van der Waals surface area contributed by atoms with Crippen LogP contribution < -0.4 is 15.5 Å². The molecule has 25 heavy (non-hydrogen) atoms. The molecule has 5 nitrogen and oxygen atoms in total. The third kappa shape index (κ3) is 5.48. The molecular weight excluding hydrogens is 312 g/mol. The Morgan fingerprint density at radius 3 is 2.36 bits per heavy atom. The quantitative estimate of drug-likeness (QED) is 0.761. The Balaban J connectivity index is 2.05. The summed E-state index contributed by atoms with van der Waals surface area (Å²) in [7, 11) is 0. The summed E-state index contributed by atoms with van der Waals surface area (Å²) >= 11 is 0. The zero-order valence-electron chi connectivity index (χ0n) is 15.5. The minimum atomic E-state index is -0.0956. The lowest BCUT2D eigenvalue weighted by molar-refractivity contribution is 0.0948. The first-order valence-corrected chi connectivity index (χ1v) is 8.88. The number of carbonyl (C=O) groups is 1. The fourth-order valence-electron chi connectivity index (χ4n) is 2.54. The lowest BCUT2D eigenvalue weighted by Crippen LogP contribution is -2.27. The van der Waals surface area contributed by atoms with Gasteiger partial charge in [0.15, 0.2) is 0 Å². The molecule has 1 aromatic carbocycles. The fraction of sp³-hybridized carbons (Fsp3) is 0.400. The summed E-state index contributed by atoms with van der Waals surface area (Å²) in [4.78, 5) is 18.6. The summed E-state index contributed by atoms with van der Waals surface area (Å²) in [6.07, 6.45) is 3.31. The second-order valence-electron chi connectivity index (χ2n) is 6.41. The Hall–Kier alpha value is -2.56. The van der Waals surface area contributed by atoms with Gasteiger partial charge in [-0.1, -0.05) is 13.8 Å². The van der Waals surface area contributed by atoms with E-state index in [9.17, 15) is 4.79 Å². The summed E-state index contributed by atoms with van der Waals surface area (Å²) < 4.78 is 0. The first-order valence-electron chi connectivity index (χ1n) is 8.88. The van der Waals surface area contributed by atoms with Gasteiger partial charge in [-0.05, 0) is 50.1 Å². The van der Waals surface area contributed by atoms with Crippen molar-refractivity contribution in [3.63, 3.8) is 0 Å². The van der Waals surface area contributed by atoms with Gasteiger partial charge in [0.05, 0.1) is 17.4 Å². The molecule has 0 bridgehead atoms. The number of rotatable bonds is 8. The van der Waals surface area contributed by atoms with Gasteiger partial charge >= 0.3 is 0 Å². The van der Waals surface area contributed by atoms with Crippen LogP contribution in [0.4, 0.5) is 17.1 Å². The summed E-state index contributed by atoms with van der Waals surface area (Å²) in [5.41, 5.74) is 3.53. The molecule has 0 saturated heterocycles. The molecule has 1 amide bonds. The number of pyridine rings is 1. The number of nitrogens with zero attached hydrogens (tertiary/aromatic N) is 2. The third-order valence-electron chi connectivity index (χ3n) is 3.96. The normalized spacial score (nSPS) is 10.6.